The molecule has 0 N–H and O–H groups in total. The lowest BCUT2D eigenvalue weighted by Gasteiger charge is -2.35. The molecule has 2 heterocycles. The summed E-state index contributed by atoms with van der Waals surface area (Å²) in [6.07, 6.45) is 8.58. The average molecular weight is 400 g/mol. The van der Waals surface area contributed by atoms with Gasteiger partial charge in [-0.2, -0.15) is 0 Å². The number of para-hydroxylation sites is 1. The van der Waals surface area contributed by atoms with Crippen molar-refractivity contribution in [2.24, 2.45) is 5.92 Å². The zero-order valence-electron chi connectivity index (χ0n) is 18.2. The van der Waals surface area contributed by atoms with Crippen molar-refractivity contribution in [1.82, 2.24) is 14.7 Å². The summed E-state index contributed by atoms with van der Waals surface area (Å²) in [5, 5.41) is 0. The van der Waals surface area contributed by atoms with E-state index in [4.69, 9.17) is 4.74 Å². The van der Waals surface area contributed by atoms with Crippen LogP contribution in [0.1, 0.15) is 38.2 Å². The molecule has 160 valence electrons. The standard InChI is InChI=1S/C24H37N3O2/c1-3-25-17-19-27(20-18-25)24(28)11-10-21-12-15-26(16-13-21)14-6-8-22-7-4-5-9-23(22)29-2/h4-9,21H,3,10-20H2,1-2H3/b8-6+. The van der Waals surface area contributed by atoms with Gasteiger partial charge in [0.05, 0.1) is 7.11 Å². The maximum Gasteiger partial charge on any atom is 0.222 e. The molecule has 0 spiro atoms. The average Bonchev–Trinajstić information content (AvgIpc) is 2.78. The third kappa shape index (κ3) is 6.58. The van der Waals surface area contributed by atoms with Crippen molar-refractivity contribution >= 4 is 12.0 Å². The van der Waals surface area contributed by atoms with Gasteiger partial charge in [0.15, 0.2) is 0 Å². The van der Waals surface area contributed by atoms with Gasteiger partial charge in [-0.05, 0) is 50.9 Å². The highest BCUT2D eigenvalue weighted by Crippen LogP contribution is 2.23. The lowest BCUT2D eigenvalue weighted by Crippen LogP contribution is -2.48. The Morgan fingerprint density at radius 2 is 1.79 bits per heavy atom. The SMILES string of the molecule is CCN1CCN(C(=O)CCC2CCN(C/C=C/c3ccccc3OC)CC2)CC1. The van der Waals surface area contributed by atoms with Gasteiger partial charge < -0.3 is 14.5 Å². The Kier molecular flexibility index (Phi) is 8.56. The fourth-order valence-corrected chi connectivity index (χ4v) is 4.39. The number of carbonyl (C=O) groups excluding carboxylic acids is 1. The van der Waals surface area contributed by atoms with Crippen LogP contribution < -0.4 is 4.74 Å². The largest absolute Gasteiger partial charge is 0.496 e. The summed E-state index contributed by atoms with van der Waals surface area (Å²) in [7, 11) is 1.72. The molecule has 0 aromatic heterocycles. The lowest BCUT2D eigenvalue weighted by atomic mass is 9.92. The zero-order valence-corrected chi connectivity index (χ0v) is 18.2. The number of rotatable bonds is 8. The van der Waals surface area contributed by atoms with Gasteiger partial charge in [0.1, 0.15) is 5.75 Å². The molecule has 1 aromatic carbocycles. The van der Waals surface area contributed by atoms with Gasteiger partial charge in [0.25, 0.3) is 0 Å². The van der Waals surface area contributed by atoms with Gasteiger partial charge in [0, 0.05) is 44.7 Å². The highest BCUT2D eigenvalue weighted by molar-refractivity contribution is 5.76. The van der Waals surface area contributed by atoms with Gasteiger partial charge in [-0.1, -0.05) is 37.3 Å². The Morgan fingerprint density at radius 1 is 1.07 bits per heavy atom. The number of nitrogens with zero attached hydrogens (tertiary/aromatic N) is 3. The van der Waals surface area contributed by atoms with Crippen molar-refractivity contribution in [3.63, 3.8) is 0 Å². The van der Waals surface area contributed by atoms with E-state index in [2.05, 4.69) is 39.8 Å². The summed E-state index contributed by atoms with van der Waals surface area (Å²) >= 11 is 0. The number of hydrogen-bond donors (Lipinski definition) is 0. The van der Waals surface area contributed by atoms with Crippen LogP contribution in [0.15, 0.2) is 30.3 Å². The number of hydrogen-bond acceptors (Lipinski definition) is 4. The maximum absolute atomic E-state index is 12.5. The van der Waals surface area contributed by atoms with Crippen molar-refractivity contribution in [1.29, 1.82) is 0 Å². The molecule has 2 aliphatic heterocycles. The molecule has 0 aliphatic carbocycles. The molecule has 0 radical (unpaired) electrons. The van der Waals surface area contributed by atoms with E-state index in [0.29, 0.717) is 11.8 Å². The van der Waals surface area contributed by atoms with Crippen LogP contribution >= 0.6 is 0 Å². The quantitative estimate of drug-likeness (QED) is 0.672. The Balaban J connectivity index is 1.33. The summed E-state index contributed by atoms with van der Waals surface area (Å²) in [6.45, 7) is 10.4. The van der Waals surface area contributed by atoms with Gasteiger partial charge in [-0.25, -0.2) is 0 Å². The van der Waals surface area contributed by atoms with E-state index in [0.717, 1.165) is 76.5 Å². The molecule has 5 heteroatoms. The van der Waals surface area contributed by atoms with Crippen molar-refractivity contribution in [2.75, 3.05) is 59.5 Å². The number of methoxy groups -OCH3 is 1. The predicted octanol–water partition coefficient (Wildman–Crippen LogP) is 3.36. The molecule has 0 saturated carbocycles. The topological polar surface area (TPSA) is 36.0 Å². The van der Waals surface area contributed by atoms with Crippen LogP contribution in [-0.4, -0.2) is 80.1 Å². The Bertz CT molecular complexity index is 660. The number of likely N-dealkylation sites (N-methyl/N-ethyl adjacent to an activating group) is 1. The van der Waals surface area contributed by atoms with E-state index in [1.165, 1.54) is 12.8 Å². The zero-order chi connectivity index (χ0) is 20.5. The molecule has 0 atom stereocenters. The molecule has 5 nitrogen and oxygen atoms in total. The lowest BCUT2D eigenvalue weighted by molar-refractivity contribution is -0.133. The van der Waals surface area contributed by atoms with Crippen LogP contribution in [0.2, 0.25) is 0 Å². The first-order valence-corrected chi connectivity index (χ1v) is 11.2. The Hall–Kier alpha value is -1.85. The third-order valence-corrected chi connectivity index (χ3v) is 6.45. The van der Waals surface area contributed by atoms with Crippen LogP contribution in [0.4, 0.5) is 0 Å². The number of benzene rings is 1. The van der Waals surface area contributed by atoms with Crippen LogP contribution in [0.3, 0.4) is 0 Å². The van der Waals surface area contributed by atoms with E-state index in [9.17, 15) is 4.79 Å². The second-order valence-corrected chi connectivity index (χ2v) is 8.24. The van der Waals surface area contributed by atoms with Gasteiger partial charge in [-0.3, -0.25) is 9.69 Å². The Morgan fingerprint density at radius 3 is 2.48 bits per heavy atom. The van der Waals surface area contributed by atoms with Crippen molar-refractivity contribution in [2.45, 2.75) is 32.6 Å². The number of ether oxygens (including phenoxy) is 1. The first-order valence-electron chi connectivity index (χ1n) is 11.2. The third-order valence-electron chi connectivity index (χ3n) is 6.45. The van der Waals surface area contributed by atoms with E-state index >= 15 is 0 Å². The van der Waals surface area contributed by atoms with Gasteiger partial charge >= 0.3 is 0 Å². The summed E-state index contributed by atoms with van der Waals surface area (Å²) < 4.78 is 5.40. The van der Waals surface area contributed by atoms with E-state index in [-0.39, 0.29) is 0 Å². The summed E-state index contributed by atoms with van der Waals surface area (Å²) in [5.41, 5.74) is 1.13. The molecular formula is C24H37N3O2. The van der Waals surface area contributed by atoms with Crippen LogP contribution in [0.5, 0.6) is 5.75 Å². The summed E-state index contributed by atoms with van der Waals surface area (Å²) in [6, 6.07) is 8.12. The van der Waals surface area contributed by atoms with E-state index < -0.39 is 0 Å². The second kappa shape index (κ2) is 11.4. The number of amides is 1. The minimum absolute atomic E-state index is 0.364. The molecule has 3 rings (SSSR count). The van der Waals surface area contributed by atoms with Crippen LogP contribution in [-0.2, 0) is 4.79 Å². The highest BCUT2D eigenvalue weighted by atomic mass is 16.5. The summed E-state index contributed by atoms with van der Waals surface area (Å²) in [4.78, 5) is 19.5. The first-order chi connectivity index (χ1) is 14.2. The van der Waals surface area contributed by atoms with Crippen molar-refractivity contribution in [3.05, 3.63) is 35.9 Å². The molecule has 29 heavy (non-hydrogen) atoms. The number of likely N-dealkylation sites (tertiary alicyclic amines) is 1. The van der Waals surface area contributed by atoms with Crippen molar-refractivity contribution in [3.8, 4) is 5.75 Å². The predicted molar refractivity (Wildman–Crippen MR) is 119 cm³/mol. The van der Waals surface area contributed by atoms with Gasteiger partial charge in [-0.15, -0.1) is 0 Å². The maximum atomic E-state index is 12.5. The number of carbonyl (C=O) groups is 1. The minimum Gasteiger partial charge on any atom is -0.496 e. The molecular weight excluding hydrogens is 362 g/mol. The molecule has 2 aliphatic rings. The first kappa shape index (κ1) is 21.8. The fourth-order valence-electron chi connectivity index (χ4n) is 4.39. The molecule has 0 unspecified atom stereocenters. The van der Waals surface area contributed by atoms with E-state index in [1.54, 1.807) is 7.11 Å². The number of piperazine rings is 1. The van der Waals surface area contributed by atoms with Gasteiger partial charge in [0.2, 0.25) is 5.91 Å². The molecule has 1 aromatic rings. The monoisotopic (exact) mass is 399 g/mol. The fraction of sp³-hybridized carbons (Fsp3) is 0.625. The smallest absolute Gasteiger partial charge is 0.222 e. The minimum atomic E-state index is 0.364. The molecule has 2 saturated heterocycles. The normalized spacial score (nSPS) is 19.7. The molecule has 0 bridgehead atoms. The van der Waals surface area contributed by atoms with Crippen LogP contribution in [0, 0.1) is 5.92 Å². The Labute approximate surface area is 176 Å². The molecule has 2 fully saturated rings. The molecule has 1 amide bonds. The van der Waals surface area contributed by atoms with Crippen molar-refractivity contribution < 1.29 is 9.53 Å². The highest BCUT2D eigenvalue weighted by Gasteiger charge is 2.23. The second-order valence-electron chi connectivity index (χ2n) is 8.24. The number of piperidine rings is 1. The van der Waals surface area contributed by atoms with E-state index in [1.807, 2.05) is 18.2 Å². The summed E-state index contributed by atoms with van der Waals surface area (Å²) in [5.74, 6) is 1.98. The van der Waals surface area contributed by atoms with Crippen LogP contribution in [0.25, 0.3) is 6.08 Å².